The standard InChI is InChI=1S/C12H12ClN3/c1-2-15-12(16-9-14)8-5-10-3-6-11(13)7-4-10/h3-8H,2H2,1H3,(H,15,16). The van der Waals surface area contributed by atoms with Crippen molar-refractivity contribution in [1.82, 2.24) is 5.32 Å². The van der Waals surface area contributed by atoms with Gasteiger partial charge in [-0.05, 0) is 30.7 Å². The van der Waals surface area contributed by atoms with Gasteiger partial charge in [0.15, 0.2) is 0 Å². The number of amidine groups is 1. The number of nitrogens with one attached hydrogen (secondary N) is 1. The largest absolute Gasteiger partial charge is 0.370 e. The second kappa shape index (κ2) is 6.65. The first kappa shape index (κ1) is 12.3. The monoisotopic (exact) mass is 233 g/mol. The van der Waals surface area contributed by atoms with Crippen molar-refractivity contribution in [2.45, 2.75) is 6.92 Å². The van der Waals surface area contributed by atoms with Crippen molar-refractivity contribution in [3.8, 4) is 6.19 Å². The molecule has 0 saturated heterocycles. The van der Waals surface area contributed by atoms with Gasteiger partial charge < -0.3 is 5.32 Å². The zero-order valence-electron chi connectivity index (χ0n) is 8.94. The Balaban J connectivity index is 2.75. The molecule has 1 N–H and O–H groups in total. The highest BCUT2D eigenvalue weighted by Crippen LogP contribution is 2.10. The smallest absolute Gasteiger partial charge is 0.207 e. The number of halogens is 1. The van der Waals surface area contributed by atoms with Crippen LogP contribution in [0.3, 0.4) is 0 Å². The Morgan fingerprint density at radius 1 is 1.50 bits per heavy atom. The van der Waals surface area contributed by atoms with Crippen LogP contribution >= 0.6 is 11.6 Å². The van der Waals surface area contributed by atoms with Crippen LogP contribution in [0, 0.1) is 11.5 Å². The molecule has 0 aliphatic carbocycles. The highest BCUT2D eigenvalue weighted by atomic mass is 35.5. The molecule has 0 amide bonds. The van der Waals surface area contributed by atoms with Crippen molar-refractivity contribution < 1.29 is 0 Å². The van der Waals surface area contributed by atoms with Crippen LogP contribution in [0.15, 0.2) is 35.3 Å². The summed E-state index contributed by atoms with van der Waals surface area (Å²) in [6.07, 6.45) is 5.38. The molecule has 0 heterocycles. The topological polar surface area (TPSA) is 48.2 Å². The van der Waals surface area contributed by atoms with E-state index >= 15 is 0 Å². The molecule has 1 aromatic carbocycles. The van der Waals surface area contributed by atoms with E-state index in [0.29, 0.717) is 10.9 Å². The number of hydrogen-bond donors (Lipinski definition) is 1. The second-order valence-corrected chi connectivity index (χ2v) is 3.45. The van der Waals surface area contributed by atoms with Gasteiger partial charge in [-0.1, -0.05) is 29.8 Å². The molecule has 16 heavy (non-hydrogen) atoms. The predicted octanol–water partition coefficient (Wildman–Crippen LogP) is 2.84. The molecule has 0 spiro atoms. The number of hydrogen-bond acceptors (Lipinski definition) is 2. The molecular weight excluding hydrogens is 222 g/mol. The van der Waals surface area contributed by atoms with Crippen molar-refractivity contribution in [3.05, 3.63) is 40.9 Å². The molecular formula is C12H12ClN3. The molecule has 0 saturated carbocycles. The maximum absolute atomic E-state index is 8.47. The van der Waals surface area contributed by atoms with Crippen LogP contribution in [0.25, 0.3) is 6.08 Å². The summed E-state index contributed by atoms with van der Waals surface area (Å²) in [7, 11) is 0. The van der Waals surface area contributed by atoms with Gasteiger partial charge in [0.1, 0.15) is 5.84 Å². The lowest BCUT2D eigenvalue weighted by molar-refractivity contribution is 0.971. The number of likely N-dealkylation sites (N-methyl/N-ethyl adjacent to an activating group) is 1. The van der Waals surface area contributed by atoms with Gasteiger partial charge in [-0.2, -0.15) is 10.3 Å². The van der Waals surface area contributed by atoms with Crippen LogP contribution < -0.4 is 5.32 Å². The quantitative estimate of drug-likeness (QED) is 0.496. The molecule has 0 aromatic heterocycles. The van der Waals surface area contributed by atoms with E-state index in [1.165, 1.54) is 0 Å². The molecule has 3 nitrogen and oxygen atoms in total. The molecule has 4 heteroatoms. The van der Waals surface area contributed by atoms with Crippen molar-refractivity contribution in [2.75, 3.05) is 6.54 Å². The van der Waals surface area contributed by atoms with Crippen molar-refractivity contribution >= 4 is 23.5 Å². The van der Waals surface area contributed by atoms with Crippen LogP contribution in [-0.4, -0.2) is 12.4 Å². The average Bonchev–Trinajstić information content (AvgIpc) is 2.29. The molecule has 0 bridgehead atoms. The van der Waals surface area contributed by atoms with Crippen LogP contribution in [-0.2, 0) is 0 Å². The third-order valence-electron chi connectivity index (χ3n) is 1.83. The van der Waals surface area contributed by atoms with E-state index in [0.717, 1.165) is 12.1 Å². The summed E-state index contributed by atoms with van der Waals surface area (Å²) in [5.41, 5.74) is 1.01. The summed E-state index contributed by atoms with van der Waals surface area (Å²) < 4.78 is 0. The van der Waals surface area contributed by atoms with E-state index in [1.807, 2.05) is 37.3 Å². The molecule has 0 unspecified atom stereocenters. The van der Waals surface area contributed by atoms with Crippen LogP contribution in [0.4, 0.5) is 0 Å². The first-order chi connectivity index (χ1) is 7.76. The molecule has 0 radical (unpaired) electrons. The Labute approximate surface area is 100 Å². The zero-order chi connectivity index (χ0) is 11.8. The molecule has 1 rings (SSSR count). The third-order valence-corrected chi connectivity index (χ3v) is 2.08. The fourth-order valence-corrected chi connectivity index (χ4v) is 1.25. The number of nitrogens with zero attached hydrogens (tertiary/aromatic N) is 2. The second-order valence-electron chi connectivity index (χ2n) is 3.01. The molecule has 0 atom stereocenters. The van der Waals surface area contributed by atoms with Gasteiger partial charge >= 0.3 is 0 Å². The number of nitriles is 1. The normalized spacial score (nSPS) is 11.4. The number of rotatable bonds is 3. The van der Waals surface area contributed by atoms with E-state index in [2.05, 4.69) is 10.3 Å². The van der Waals surface area contributed by atoms with E-state index < -0.39 is 0 Å². The van der Waals surface area contributed by atoms with Gasteiger partial charge in [0.25, 0.3) is 0 Å². The molecule has 0 aliphatic rings. The maximum Gasteiger partial charge on any atom is 0.207 e. The Morgan fingerprint density at radius 3 is 2.75 bits per heavy atom. The summed E-state index contributed by atoms with van der Waals surface area (Å²) in [6.45, 7) is 2.68. The van der Waals surface area contributed by atoms with Gasteiger partial charge in [-0.3, -0.25) is 0 Å². The molecule has 1 aromatic rings. The van der Waals surface area contributed by atoms with Crippen molar-refractivity contribution in [3.63, 3.8) is 0 Å². The first-order valence-corrected chi connectivity index (χ1v) is 5.28. The van der Waals surface area contributed by atoms with Gasteiger partial charge in [-0.15, -0.1) is 0 Å². The Kier molecular flexibility index (Phi) is 5.10. The van der Waals surface area contributed by atoms with Crippen LogP contribution in [0.5, 0.6) is 0 Å². The summed E-state index contributed by atoms with van der Waals surface area (Å²) >= 11 is 5.77. The lowest BCUT2D eigenvalue weighted by atomic mass is 10.2. The minimum Gasteiger partial charge on any atom is -0.370 e. The lowest BCUT2D eigenvalue weighted by Gasteiger charge is -1.99. The van der Waals surface area contributed by atoms with Crippen molar-refractivity contribution in [2.24, 2.45) is 4.99 Å². The SMILES string of the molecule is CCNC(C=Cc1ccc(Cl)cc1)=NC#N. The predicted molar refractivity (Wildman–Crippen MR) is 67.2 cm³/mol. The Hall–Kier alpha value is -1.79. The maximum atomic E-state index is 8.47. The molecule has 0 aliphatic heterocycles. The van der Waals surface area contributed by atoms with E-state index in [4.69, 9.17) is 16.9 Å². The fraction of sp³-hybridized carbons (Fsp3) is 0.167. The molecule has 0 fully saturated rings. The van der Waals surface area contributed by atoms with E-state index in [-0.39, 0.29) is 0 Å². The first-order valence-electron chi connectivity index (χ1n) is 4.90. The van der Waals surface area contributed by atoms with Crippen LogP contribution in [0.1, 0.15) is 12.5 Å². The van der Waals surface area contributed by atoms with Gasteiger partial charge in [0.2, 0.25) is 6.19 Å². The van der Waals surface area contributed by atoms with Gasteiger partial charge in [0, 0.05) is 11.6 Å². The number of aliphatic imine (C=N–C) groups is 1. The Morgan fingerprint density at radius 2 is 2.19 bits per heavy atom. The minimum absolute atomic E-state index is 0.556. The zero-order valence-corrected chi connectivity index (χ0v) is 9.70. The van der Waals surface area contributed by atoms with E-state index in [9.17, 15) is 0 Å². The Bertz CT molecular complexity index is 427. The van der Waals surface area contributed by atoms with E-state index in [1.54, 1.807) is 12.3 Å². The highest BCUT2D eigenvalue weighted by molar-refractivity contribution is 6.30. The minimum atomic E-state index is 0.556. The summed E-state index contributed by atoms with van der Waals surface area (Å²) in [5, 5.41) is 12.2. The fourth-order valence-electron chi connectivity index (χ4n) is 1.12. The lowest BCUT2D eigenvalue weighted by Crippen LogP contribution is -2.20. The van der Waals surface area contributed by atoms with Gasteiger partial charge in [0.05, 0.1) is 0 Å². The van der Waals surface area contributed by atoms with Crippen molar-refractivity contribution in [1.29, 1.82) is 5.26 Å². The highest BCUT2D eigenvalue weighted by Gasteiger charge is 1.91. The average molecular weight is 234 g/mol. The third kappa shape index (κ3) is 4.16. The molecule has 82 valence electrons. The van der Waals surface area contributed by atoms with Crippen LogP contribution in [0.2, 0.25) is 5.02 Å². The van der Waals surface area contributed by atoms with Gasteiger partial charge in [-0.25, -0.2) is 0 Å². The summed E-state index contributed by atoms with van der Waals surface area (Å²) in [4.78, 5) is 3.64. The summed E-state index contributed by atoms with van der Waals surface area (Å²) in [5.74, 6) is 0.556. The summed E-state index contributed by atoms with van der Waals surface area (Å²) in [6, 6.07) is 7.43. The number of benzene rings is 1.